The number of rotatable bonds is 6. The molecule has 0 aliphatic rings. The number of hydrogen-bond acceptors (Lipinski definition) is 4. The van der Waals surface area contributed by atoms with Gasteiger partial charge in [-0.1, -0.05) is 23.7 Å². The number of carboxylic acid groups (broad SMARTS) is 1. The maximum atomic E-state index is 12.4. The van der Waals surface area contributed by atoms with Crippen molar-refractivity contribution >= 4 is 28.6 Å². The highest BCUT2D eigenvalue weighted by molar-refractivity contribution is 6.30. The highest BCUT2D eigenvalue weighted by Gasteiger charge is 2.33. The minimum Gasteiger partial charge on any atom is -0.479 e. The molecule has 0 amide bonds. The average molecular weight is 445 g/mol. The Morgan fingerprint density at radius 1 is 1.19 bits per heavy atom. The van der Waals surface area contributed by atoms with Gasteiger partial charge in [-0.3, -0.25) is 0 Å². The van der Waals surface area contributed by atoms with Gasteiger partial charge in [0.1, 0.15) is 5.65 Å². The standard InChI is InChI=1S/C24H29ClN2O4/c1-13-15(3)27(11-12-28)22-18(13)20(16-7-9-17(25)10-8-16)19(14(2)26-22)21(23(29)30)31-24(4,5)6/h7-10,21,28H,11-12H2,1-6H3,(H,29,30). The molecule has 3 rings (SSSR count). The van der Waals surface area contributed by atoms with E-state index in [1.807, 2.05) is 51.3 Å². The first-order valence-corrected chi connectivity index (χ1v) is 10.6. The smallest absolute Gasteiger partial charge is 0.337 e. The molecule has 2 heterocycles. The third-order valence-electron chi connectivity index (χ3n) is 5.40. The van der Waals surface area contributed by atoms with E-state index in [1.165, 1.54) is 0 Å². The van der Waals surface area contributed by atoms with Crippen molar-refractivity contribution in [2.75, 3.05) is 6.61 Å². The molecule has 7 heteroatoms. The molecule has 166 valence electrons. The van der Waals surface area contributed by atoms with Crippen molar-refractivity contribution in [2.45, 2.75) is 59.8 Å². The number of aryl methyl sites for hydroxylation is 2. The second-order valence-corrected chi connectivity index (χ2v) is 9.16. The number of aliphatic hydroxyl groups is 1. The molecule has 0 bridgehead atoms. The van der Waals surface area contributed by atoms with E-state index < -0.39 is 17.7 Å². The largest absolute Gasteiger partial charge is 0.479 e. The summed E-state index contributed by atoms with van der Waals surface area (Å²) < 4.78 is 7.99. The Hall–Kier alpha value is -2.41. The first-order valence-electron chi connectivity index (χ1n) is 10.2. The quantitative estimate of drug-likeness (QED) is 0.544. The molecule has 0 radical (unpaired) electrons. The summed E-state index contributed by atoms with van der Waals surface area (Å²) in [5.41, 5.74) is 4.72. The monoisotopic (exact) mass is 444 g/mol. The van der Waals surface area contributed by atoms with E-state index in [9.17, 15) is 15.0 Å². The fourth-order valence-corrected chi connectivity index (χ4v) is 4.12. The Morgan fingerprint density at radius 3 is 2.32 bits per heavy atom. The van der Waals surface area contributed by atoms with E-state index in [-0.39, 0.29) is 6.61 Å². The SMILES string of the molecule is Cc1nc2c(c(C)c(C)n2CCO)c(-c2ccc(Cl)cc2)c1C(OC(C)(C)C)C(=O)O. The number of ether oxygens (including phenoxy) is 1. The molecule has 6 nitrogen and oxygen atoms in total. The van der Waals surface area contributed by atoms with Crippen molar-refractivity contribution in [1.29, 1.82) is 0 Å². The van der Waals surface area contributed by atoms with Crippen LogP contribution in [0.5, 0.6) is 0 Å². The molecule has 2 N–H and O–H groups in total. The predicted octanol–water partition coefficient (Wildman–Crippen LogP) is 5.22. The van der Waals surface area contributed by atoms with Crippen LogP contribution >= 0.6 is 11.6 Å². The lowest BCUT2D eigenvalue weighted by atomic mass is 9.91. The van der Waals surface area contributed by atoms with Crippen LogP contribution in [0.1, 0.15) is 49.4 Å². The summed E-state index contributed by atoms with van der Waals surface area (Å²) in [5, 5.41) is 21.1. The summed E-state index contributed by atoms with van der Waals surface area (Å²) in [4.78, 5) is 17.1. The van der Waals surface area contributed by atoms with E-state index in [0.29, 0.717) is 22.8 Å². The van der Waals surface area contributed by atoms with Crippen molar-refractivity contribution in [1.82, 2.24) is 9.55 Å². The highest BCUT2D eigenvalue weighted by atomic mass is 35.5. The molecule has 0 aliphatic carbocycles. The molecular weight excluding hydrogens is 416 g/mol. The van der Waals surface area contributed by atoms with Crippen LogP contribution in [0, 0.1) is 20.8 Å². The Bertz CT molecular complexity index is 1130. The normalized spacial score (nSPS) is 13.0. The maximum Gasteiger partial charge on any atom is 0.337 e. The summed E-state index contributed by atoms with van der Waals surface area (Å²) in [6.45, 7) is 11.7. The van der Waals surface area contributed by atoms with Crippen LogP contribution in [-0.2, 0) is 16.1 Å². The molecule has 1 atom stereocenters. The molecule has 0 saturated carbocycles. The van der Waals surface area contributed by atoms with Gasteiger partial charge in [-0.15, -0.1) is 0 Å². The van der Waals surface area contributed by atoms with Crippen LogP contribution in [-0.4, -0.2) is 37.9 Å². The first kappa shape index (κ1) is 23.3. The number of aliphatic carboxylic acids is 1. The summed E-state index contributed by atoms with van der Waals surface area (Å²) in [6, 6.07) is 7.34. The number of aliphatic hydroxyl groups excluding tert-OH is 1. The lowest BCUT2D eigenvalue weighted by molar-refractivity contribution is -0.160. The Kier molecular flexibility index (Phi) is 6.46. The minimum atomic E-state index is -1.19. The number of carboxylic acids is 1. The number of hydrogen-bond donors (Lipinski definition) is 2. The summed E-state index contributed by atoms with van der Waals surface area (Å²) >= 11 is 6.13. The van der Waals surface area contributed by atoms with Gasteiger partial charge in [0, 0.05) is 39.5 Å². The number of fused-ring (bicyclic) bond motifs is 1. The molecule has 0 aliphatic heterocycles. The third kappa shape index (κ3) is 4.47. The molecule has 0 spiro atoms. The van der Waals surface area contributed by atoms with Crippen molar-refractivity contribution in [3.05, 3.63) is 51.8 Å². The van der Waals surface area contributed by atoms with E-state index in [4.69, 9.17) is 21.3 Å². The molecule has 1 aromatic carbocycles. The molecule has 0 saturated heterocycles. The van der Waals surface area contributed by atoms with Crippen LogP contribution < -0.4 is 0 Å². The van der Waals surface area contributed by atoms with E-state index in [1.54, 1.807) is 19.1 Å². The zero-order chi connectivity index (χ0) is 23.1. The van der Waals surface area contributed by atoms with Gasteiger partial charge < -0.3 is 19.5 Å². The van der Waals surface area contributed by atoms with Crippen LogP contribution in [0.2, 0.25) is 5.02 Å². The van der Waals surface area contributed by atoms with E-state index >= 15 is 0 Å². The van der Waals surface area contributed by atoms with Gasteiger partial charge in [-0.2, -0.15) is 0 Å². The molecule has 31 heavy (non-hydrogen) atoms. The highest BCUT2D eigenvalue weighted by Crippen LogP contribution is 2.42. The zero-order valence-corrected chi connectivity index (χ0v) is 19.5. The fraction of sp³-hybridized carbons (Fsp3) is 0.417. The van der Waals surface area contributed by atoms with Gasteiger partial charge in [0.2, 0.25) is 0 Å². The summed E-state index contributed by atoms with van der Waals surface area (Å²) in [5.74, 6) is -1.07. The summed E-state index contributed by atoms with van der Waals surface area (Å²) in [6.07, 6.45) is -1.19. The second-order valence-electron chi connectivity index (χ2n) is 8.73. The Balaban J connectivity index is 2.48. The van der Waals surface area contributed by atoms with Gasteiger partial charge >= 0.3 is 5.97 Å². The van der Waals surface area contributed by atoms with Crippen LogP contribution in [0.4, 0.5) is 0 Å². The molecular formula is C24H29ClN2O4. The van der Waals surface area contributed by atoms with Crippen molar-refractivity contribution in [2.24, 2.45) is 0 Å². The number of aromatic nitrogens is 2. The lowest BCUT2D eigenvalue weighted by Crippen LogP contribution is -2.28. The van der Waals surface area contributed by atoms with Crippen molar-refractivity contribution in [3.8, 4) is 11.1 Å². The van der Waals surface area contributed by atoms with Gasteiger partial charge in [0.15, 0.2) is 6.10 Å². The number of pyridine rings is 1. The topological polar surface area (TPSA) is 84.6 Å². The van der Waals surface area contributed by atoms with Crippen molar-refractivity contribution < 1.29 is 19.7 Å². The molecule has 0 fully saturated rings. The van der Waals surface area contributed by atoms with Crippen molar-refractivity contribution in [3.63, 3.8) is 0 Å². The number of benzene rings is 1. The Morgan fingerprint density at radius 2 is 1.81 bits per heavy atom. The summed E-state index contributed by atoms with van der Waals surface area (Å²) in [7, 11) is 0. The van der Waals surface area contributed by atoms with Crippen LogP contribution in [0.15, 0.2) is 24.3 Å². The second kappa shape index (κ2) is 8.61. The Labute approximate surface area is 187 Å². The lowest BCUT2D eigenvalue weighted by Gasteiger charge is -2.28. The van der Waals surface area contributed by atoms with Gasteiger partial charge in [-0.05, 0) is 64.8 Å². The van der Waals surface area contributed by atoms with Crippen LogP contribution in [0.3, 0.4) is 0 Å². The van der Waals surface area contributed by atoms with Gasteiger partial charge in [-0.25, -0.2) is 9.78 Å². The zero-order valence-electron chi connectivity index (χ0n) is 18.8. The first-order chi connectivity index (χ1) is 14.5. The van der Waals surface area contributed by atoms with E-state index in [0.717, 1.165) is 33.4 Å². The average Bonchev–Trinajstić information content (AvgIpc) is 2.90. The van der Waals surface area contributed by atoms with Crippen LogP contribution in [0.25, 0.3) is 22.2 Å². The maximum absolute atomic E-state index is 12.4. The predicted molar refractivity (Wildman–Crippen MR) is 123 cm³/mol. The van der Waals surface area contributed by atoms with E-state index in [2.05, 4.69) is 0 Å². The molecule has 2 aromatic heterocycles. The molecule has 1 unspecified atom stereocenters. The number of halogens is 1. The third-order valence-corrected chi connectivity index (χ3v) is 5.65. The fourth-order valence-electron chi connectivity index (χ4n) is 3.99. The number of carbonyl (C=O) groups is 1. The van der Waals surface area contributed by atoms with Gasteiger partial charge in [0.25, 0.3) is 0 Å². The number of nitrogens with zero attached hydrogens (tertiary/aromatic N) is 2. The van der Waals surface area contributed by atoms with Gasteiger partial charge in [0.05, 0.1) is 12.2 Å². The molecule has 3 aromatic rings. The minimum absolute atomic E-state index is 0.0201.